The van der Waals surface area contributed by atoms with E-state index in [0.29, 0.717) is 23.0 Å². The Labute approximate surface area is 194 Å². The van der Waals surface area contributed by atoms with Gasteiger partial charge in [0, 0.05) is 18.2 Å². The summed E-state index contributed by atoms with van der Waals surface area (Å²) in [4.78, 5) is 14.5. The predicted octanol–water partition coefficient (Wildman–Crippen LogP) is 5.79. The van der Waals surface area contributed by atoms with Gasteiger partial charge in [-0.3, -0.25) is 9.69 Å². The van der Waals surface area contributed by atoms with Crippen LogP contribution in [0, 0.1) is 5.92 Å². The molecule has 2 aromatic rings. The third-order valence-electron chi connectivity index (χ3n) is 5.25. The molecule has 12 heteroatoms. The van der Waals surface area contributed by atoms with Gasteiger partial charge >= 0.3 is 12.4 Å². The lowest BCUT2D eigenvalue weighted by Gasteiger charge is -2.18. The maximum Gasteiger partial charge on any atom is 0.416 e. The average Bonchev–Trinajstić information content (AvgIpc) is 3.46. The zero-order valence-corrected chi connectivity index (χ0v) is 18.4. The van der Waals surface area contributed by atoms with Gasteiger partial charge in [0.2, 0.25) is 0 Å². The number of thioether (sulfide) groups is 1. The minimum absolute atomic E-state index is 0.0541. The Kier molecular flexibility index (Phi) is 6.36. The van der Waals surface area contributed by atoms with E-state index >= 15 is 0 Å². The fourth-order valence-electron chi connectivity index (χ4n) is 3.60. The maximum absolute atomic E-state index is 13.1. The van der Waals surface area contributed by atoms with Crippen LogP contribution in [-0.2, 0) is 17.1 Å². The van der Waals surface area contributed by atoms with Gasteiger partial charge in [0.15, 0.2) is 0 Å². The van der Waals surface area contributed by atoms with Gasteiger partial charge in [-0.15, -0.1) is 0 Å². The second kappa shape index (κ2) is 8.80. The van der Waals surface area contributed by atoms with E-state index in [1.807, 2.05) is 0 Å². The van der Waals surface area contributed by atoms with E-state index < -0.39 is 23.5 Å². The highest BCUT2D eigenvalue weighted by molar-refractivity contribution is 8.26. The largest absolute Gasteiger partial charge is 0.457 e. The highest BCUT2D eigenvalue weighted by Gasteiger charge is 2.37. The zero-order valence-electron chi connectivity index (χ0n) is 16.7. The number of hydrogen-bond donors (Lipinski definition) is 1. The fraction of sp³-hybridized carbons (Fsp3) is 0.333. The minimum atomic E-state index is -4.96. The van der Waals surface area contributed by atoms with Gasteiger partial charge in [0.25, 0.3) is 5.91 Å². The first kappa shape index (κ1) is 23.8. The number of carbonyl (C=O) groups is 1. The number of halogens is 6. The van der Waals surface area contributed by atoms with Crippen LogP contribution in [0.4, 0.5) is 26.3 Å². The van der Waals surface area contributed by atoms with Crippen molar-refractivity contribution in [1.29, 1.82) is 0 Å². The van der Waals surface area contributed by atoms with Crippen molar-refractivity contribution in [3.05, 3.63) is 52.1 Å². The number of alkyl halides is 6. The first-order valence-electron chi connectivity index (χ1n) is 9.77. The Bertz CT molecular complexity index is 1080. The first-order chi connectivity index (χ1) is 15.4. The highest BCUT2D eigenvalue weighted by atomic mass is 32.2. The quantitative estimate of drug-likeness (QED) is 0.323. The van der Waals surface area contributed by atoms with Crippen molar-refractivity contribution in [2.75, 3.05) is 19.6 Å². The van der Waals surface area contributed by atoms with E-state index in [-0.39, 0.29) is 39.9 Å². The van der Waals surface area contributed by atoms with Crippen molar-refractivity contribution < 1.29 is 35.6 Å². The van der Waals surface area contributed by atoms with Gasteiger partial charge in [-0.05, 0) is 55.8 Å². The lowest BCUT2D eigenvalue weighted by molar-refractivity contribution is -0.143. The molecule has 1 aromatic carbocycles. The number of rotatable bonds is 4. The molecule has 4 nitrogen and oxygen atoms in total. The monoisotopic (exact) mass is 506 g/mol. The fourth-order valence-corrected chi connectivity index (χ4v) is 4.85. The predicted molar refractivity (Wildman–Crippen MR) is 115 cm³/mol. The number of hydrogen-bond acceptors (Lipinski definition) is 5. The van der Waals surface area contributed by atoms with Crippen LogP contribution in [0.5, 0.6) is 0 Å². The maximum atomic E-state index is 13.1. The van der Waals surface area contributed by atoms with Crippen LogP contribution in [0.25, 0.3) is 17.4 Å². The van der Waals surface area contributed by atoms with Crippen LogP contribution in [0.1, 0.15) is 23.3 Å². The second-order valence-corrected chi connectivity index (χ2v) is 9.32. The molecule has 2 saturated heterocycles. The summed E-state index contributed by atoms with van der Waals surface area (Å²) in [5.41, 5.74) is -3.25. The van der Waals surface area contributed by atoms with Crippen LogP contribution in [0.3, 0.4) is 0 Å². The van der Waals surface area contributed by atoms with Gasteiger partial charge in [0.05, 0.1) is 16.0 Å². The van der Waals surface area contributed by atoms with E-state index in [2.05, 4.69) is 5.32 Å². The second-order valence-electron chi connectivity index (χ2n) is 7.65. The van der Waals surface area contributed by atoms with Crippen LogP contribution in [0.2, 0.25) is 0 Å². The number of furan rings is 1. The van der Waals surface area contributed by atoms with Gasteiger partial charge in [-0.1, -0.05) is 24.0 Å². The van der Waals surface area contributed by atoms with Gasteiger partial charge in [0.1, 0.15) is 15.8 Å². The van der Waals surface area contributed by atoms with Crippen molar-refractivity contribution in [2.24, 2.45) is 5.92 Å². The van der Waals surface area contributed by atoms with Crippen molar-refractivity contribution in [3.8, 4) is 11.3 Å². The molecule has 0 spiro atoms. The molecule has 0 saturated carbocycles. The summed E-state index contributed by atoms with van der Waals surface area (Å²) >= 11 is 6.36. The zero-order chi connectivity index (χ0) is 24.0. The molecule has 0 aliphatic carbocycles. The van der Waals surface area contributed by atoms with Crippen molar-refractivity contribution in [1.82, 2.24) is 10.2 Å². The van der Waals surface area contributed by atoms with Gasteiger partial charge < -0.3 is 9.73 Å². The van der Waals surface area contributed by atoms with E-state index in [9.17, 15) is 31.1 Å². The Morgan fingerprint density at radius 2 is 1.79 bits per heavy atom. The molecule has 0 bridgehead atoms. The van der Waals surface area contributed by atoms with Crippen LogP contribution < -0.4 is 5.32 Å². The van der Waals surface area contributed by atoms with E-state index in [1.54, 1.807) is 0 Å². The van der Waals surface area contributed by atoms with Crippen molar-refractivity contribution in [3.63, 3.8) is 0 Å². The molecule has 4 rings (SSSR count). The van der Waals surface area contributed by atoms with E-state index in [4.69, 9.17) is 16.6 Å². The minimum Gasteiger partial charge on any atom is -0.457 e. The van der Waals surface area contributed by atoms with Crippen LogP contribution >= 0.6 is 24.0 Å². The smallest absolute Gasteiger partial charge is 0.416 e. The molecule has 0 radical (unpaired) electrons. The molecule has 33 heavy (non-hydrogen) atoms. The number of benzene rings is 1. The molecule has 1 amide bonds. The molecule has 3 heterocycles. The molecule has 176 valence electrons. The molecule has 2 fully saturated rings. The molecule has 1 N–H and O–H groups in total. The lowest BCUT2D eigenvalue weighted by atomic mass is 10.0. The van der Waals surface area contributed by atoms with E-state index in [1.165, 1.54) is 23.1 Å². The lowest BCUT2D eigenvalue weighted by Crippen LogP contribution is -2.33. The molecular weight excluding hydrogens is 490 g/mol. The number of thiocarbonyl (C=S) groups is 1. The first-order valence-corrected chi connectivity index (χ1v) is 11.0. The van der Waals surface area contributed by atoms with Crippen LogP contribution in [-0.4, -0.2) is 34.8 Å². The SMILES string of the molecule is O=C1C(=Cc2ccc(-c3cc(C(F)(F)F)cc(C(F)(F)F)c3)o2)SC(=S)N1CC1CCNC1. The van der Waals surface area contributed by atoms with Gasteiger partial charge in [-0.2, -0.15) is 26.3 Å². The molecule has 1 atom stereocenters. The summed E-state index contributed by atoms with van der Waals surface area (Å²) in [5, 5.41) is 3.21. The Balaban J connectivity index is 1.60. The topological polar surface area (TPSA) is 45.5 Å². The molecule has 1 aromatic heterocycles. The third kappa shape index (κ3) is 5.28. The normalized spacial score (nSPS) is 21.0. The van der Waals surface area contributed by atoms with Crippen molar-refractivity contribution >= 4 is 40.3 Å². The number of nitrogens with zero attached hydrogens (tertiary/aromatic N) is 1. The number of carbonyl (C=O) groups excluding carboxylic acids is 1. The number of nitrogens with one attached hydrogen (secondary N) is 1. The Morgan fingerprint density at radius 1 is 1.12 bits per heavy atom. The number of amides is 1. The van der Waals surface area contributed by atoms with E-state index in [0.717, 1.165) is 31.3 Å². The summed E-state index contributed by atoms with van der Waals surface area (Å²) in [6.45, 7) is 2.13. The standard InChI is InChI=1S/C21H16F6N2O2S2/c22-20(23,24)13-5-12(6-14(7-13)21(25,26)27)16-2-1-15(31-16)8-17-18(30)29(19(32)33-17)10-11-3-4-28-9-11/h1-2,5-8,11,28H,3-4,9-10H2. The summed E-state index contributed by atoms with van der Waals surface area (Å²) in [5.74, 6) is -0.108. The molecule has 1 unspecified atom stereocenters. The van der Waals surface area contributed by atoms with Crippen molar-refractivity contribution in [2.45, 2.75) is 18.8 Å². The Morgan fingerprint density at radius 3 is 2.36 bits per heavy atom. The third-order valence-corrected chi connectivity index (χ3v) is 6.63. The molecule has 2 aliphatic rings. The highest BCUT2D eigenvalue weighted by Crippen LogP contribution is 2.39. The molecular formula is C21H16F6N2O2S2. The Hall–Kier alpha value is -2.31. The summed E-state index contributed by atoms with van der Waals surface area (Å²) in [6, 6.07) is 3.86. The van der Waals surface area contributed by atoms with Crippen LogP contribution in [0.15, 0.2) is 39.7 Å². The summed E-state index contributed by atoms with van der Waals surface area (Å²) < 4.78 is 84.6. The average molecular weight is 506 g/mol. The summed E-state index contributed by atoms with van der Waals surface area (Å²) in [6.07, 6.45) is -7.62. The molecule has 2 aliphatic heterocycles. The summed E-state index contributed by atoms with van der Waals surface area (Å²) in [7, 11) is 0. The van der Waals surface area contributed by atoms with Gasteiger partial charge in [-0.25, -0.2) is 0 Å².